The highest BCUT2D eigenvalue weighted by atomic mass is 16.5. The van der Waals surface area contributed by atoms with Gasteiger partial charge < -0.3 is 20.3 Å². The second-order valence-corrected chi connectivity index (χ2v) is 4.85. The molecule has 7 heteroatoms. The van der Waals surface area contributed by atoms with Gasteiger partial charge in [-0.15, -0.1) is 6.58 Å². The predicted molar refractivity (Wildman–Crippen MR) is 80.3 cm³/mol. The zero-order chi connectivity index (χ0) is 14.4. The predicted octanol–water partition coefficient (Wildman–Crippen LogP) is 1.13. The molecule has 1 aliphatic heterocycles. The lowest BCUT2D eigenvalue weighted by Crippen LogP contribution is -2.37. The molecule has 1 saturated heterocycles. The number of hydrogen-bond donors (Lipinski definition) is 2. The molecule has 0 amide bonds. The molecule has 0 atom stereocenters. The standard InChI is InChI=1S/C13H22N6O/c1-4-5-14-11-16-12(15-10(2)3)18-13(17-11)19-6-8-20-9-7-19/h4,10H,1,5-9H2,2-3H3,(H2,14,15,16,17,18). The maximum Gasteiger partial charge on any atom is 0.232 e. The molecule has 0 aliphatic carbocycles. The van der Waals surface area contributed by atoms with E-state index in [1.165, 1.54) is 0 Å². The monoisotopic (exact) mass is 278 g/mol. The summed E-state index contributed by atoms with van der Waals surface area (Å²) in [6, 6.07) is 0.266. The highest BCUT2D eigenvalue weighted by molar-refractivity contribution is 5.44. The van der Waals surface area contributed by atoms with Gasteiger partial charge in [0.05, 0.1) is 13.2 Å². The fourth-order valence-electron chi connectivity index (χ4n) is 1.83. The fraction of sp³-hybridized carbons (Fsp3) is 0.615. The number of aromatic nitrogens is 3. The average Bonchev–Trinajstić information content (AvgIpc) is 2.45. The van der Waals surface area contributed by atoms with Gasteiger partial charge in [-0.05, 0) is 13.8 Å². The molecular weight excluding hydrogens is 256 g/mol. The molecule has 1 aromatic heterocycles. The largest absolute Gasteiger partial charge is 0.378 e. The third kappa shape index (κ3) is 4.06. The normalized spacial score (nSPS) is 15.2. The summed E-state index contributed by atoms with van der Waals surface area (Å²) in [5, 5.41) is 6.32. The number of ether oxygens (including phenoxy) is 1. The van der Waals surface area contributed by atoms with Crippen molar-refractivity contribution in [2.45, 2.75) is 19.9 Å². The molecule has 0 aromatic carbocycles. The van der Waals surface area contributed by atoms with E-state index in [9.17, 15) is 0 Å². The minimum Gasteiger partial charge on any atom is -0.378 e. The number of hydrogen-bond acceptors (Lipinski definition) is 7. The van der Waals surface area contributed by atoms with Crippen LogP contribution >= 0.6 is 0 Å². The van der Waals surface area contributed by atoms with Gasteiger partial charge in [0, 0.05) is 25.7 Å². The van der Waals surface area contributed by atoms with Crippen molar-refractivity contribution in [1.82, 2.24) is 15.0 Å². The number of rotatable bonds is 6. The first-order valence-corrected chi connectivity index (χ1v) is 6.89. The van der Waals surface area contributed by atoms with E-state index in [4.69, 9.17) is 4.74 Å². The Morgan fingerprint density at radius 3 is 2.60 bits per heavy atom. The summed E-state index contributed by atoms with van der Waals surface area (Å²) >= 11 is 0. The molecule has 0 radical (unpaired) electrons. The summed E-state index contributed by atoms with van der Waals surface area (Å²) in [5.74, 6) is 1.82. The van der Waals surface area contributed by atoms with E-state index in [-0.39, 0.29) is 6.04 Å². The maximum atomic E-state index is 5.35. The van der Waals surface area contributed by atoms with Crippen LogP contribution in [0.4, 0.5) is 17.8 Å². The van der Waals surface area contributed by atoms with Gasteiger partial charge >= 0.3 is 0 Å². The van der Waals surface area contributed by atoms with Crippen LogP contribution in [0.3, 0.4) is 0 Å². The lowest BCUT2D eigenvalue weighted by molar-refractivity contribution is 0.122. The zero-order valence-corrected chi connectivity index (χ0v) is 12.1. The number of nitrogens with one attached hydrogen (secondary N) is 2. The first-order valence-electron chi connectivity index (χ1n) is 6.89. The molecule has 0 spiro atoms. The Bertz CT molecular complexity index is 444. The molecular formula is C13H22N6O. The van der Waals surface area contributed by atoms with E-state index in [1.807, 2.05) is 0 Å². The summed E-state index contributed by atoms with van der Waals surface area (Å²) in [7, 11) is 0. The van der Waals surface area contributed by atoms with Gasteiger partial charge in [-0.1, -0.05) is 6.08 Å². The summed E-state index contributed by atoms with van der Waals surface area (Å²) in [4.78, 5) is 15.4. The summed E-state index contributed by atoms with van der Waals surface area (Å²) in [6.07, 6.45) is 1.77. The van der Waals surface area contributed by atoms with Gasteiger partial charge in [-0.25, -0.2) is 0 Å². The van der Waals surface area contributed by atoms with Crippen molar-refractivity contribution in [1.29, 1.82) is 0 Å². The topological polar surface area (TPSA) is 75.2 Å². The first kappa shape index (κ1) is 14.5. The molecule has 1 aromatic rings. The minimum atomic E-state index is 0.266. The molecule has 0 saturated carbocycles. The van der Waals surface area contributed by atoms with Gasteiger partial charge in [0.25, 0.3) is 0 Å². The molecule has 7 nitrogen and oxygen atoms in total. The van der Waals surface area contributed by atoms with Crippen LogP contribution < -0.4 is 15.5 Å². The van der Waals surface area contributed by atoms with Gasteiger partial charge in [0.2, 0.25) is 17.8 Å². The average molecular weight is 278 g/mol. The van der Waals surface area contributed by atoms with E-state index < -0.39 is 0 Å². The Kier molecular flexibility index (Phi) is 5.11. The minimum absolute atomic E-state index is 0.266. The van der Waals surface area contributed by atoms with Crippen LogP contribution in [-0.2, 0) is 4.74 Å². The Morgan fingerprint density at radius 2 is 1.95 bits per heavy atom. The van der Waals surface area contributed by atoms with Crippen LogP contribution in [-0.4, -0.2) is 53.8 Å². The first-order chi connectivity index (χ1) is 9.69. The molecule has 20 heavy (non-hydrogen) atoms. The second kappa shape index (κ2) is 7.04. The van der Waals surface area contributed by atoms with Gasteiger partial charge in [-0.3, -0.25) is 0 Å². The second-order valence-electron chi connectivity index (χ2n) is 4.85. The Balaban J connectivity index is 2.21. The van der Waals surface area contributed by atoms with Crippen molar-refractivity contribution in [3.8, 4) is 0 Å². The van der Waals surface area contributed by atoms with Gasteiger partial charge in [0.1, 0.15) is 0 Å². The smallest absolute Gasteiger partial charge is 0.232 e. The molecule has 110 valence electrons. The molecule has 2 rings (SSSR count). The van der Waals surface area contributed by atoms with E-state index in [2.05, 4.69) is 50.9 Å². The van der Waals surface area contributed by atoms with E-state index in [0.717, 1.165) is 13.1 Å². The van der Waals surface area contributed by atoms with E-state index >= 15 is 0 Å². The van der Waals surface area contributed by atoms with Crippen molar-refractivity contribution < 1.29 is 4.74 Å². The maximum absolute atomic E-state index is 5.35. The molecule has 1 aliphatic rings. The Morgan fingerprint density at radius 1 is 1.25 bits per heavy atom. The van der Waals surface area contributed by atoms with Crippen molar-refractivity contribution >= 4 is 17.8 Å². The van der Waals surface area contributed by atoms with Crippen molar-refractivity contribution in [2.24, 2.45) is 0 Å². The Hall–Kier alpha value is -1.89. The number of morpholine rings is 1. The van der Waals surface area contributed by atoms with Gasteiger partial charge in [-0.2, -0.15) is 15.0 Å². The van der Waals surface area contributed by atoms with Crippen LogP contribution in [0.2, 0.25) is 0 Å². The summed E-state index contributed by atoms with van der Waals surface area (Å²) < 4.78 is 5.35. The SMILES string of the molecule is C=CCNc1nc(NC(C)C)nc(N2CCOCC2)n1. The van der Waals surface area contributed by atoms with E-state index in [1.54, 1.807) is 6.08 Å². The molecule has 0 unspecified atom stereocenters. The molecule has 2 N–H and O–H groups in total. The van der Waals surface area contributed by atoms with Gasteiger partial charge in [0.15, 0.2) is 0 Å². The fourth-order valence-corrected chi connectivity index (χ4v) is 1.83. The van der Waals surface area contributed by atoms with Crippen molar-refractivity contribution in [3.63, 3.8) is 0 Å². The zero-order valence-electron chi connectivity index (χ0n) is 12.1. The van der Waals surface area contributed by atoms with Crippen LogP contribution in [0.25, 0.3) is 0 Å². The third-order valence-electron chi connectivity index (χ3n) is 2.74. The van der Waals surface area contributed by atoms with Crippen molar-refractivity contribution in [3.05, 3.63) is 12.7 Å². The van der Waals surface area contributed by atoms with E-state index in [0.29, 0.717) is 37.6 Å². The molecule has 1 fully saturated rings. The van der Waals surface area contributed by atoms with Crippen LogP contribution in [0.1, 0.15) is 13.8 Å². The van der Waals surface area contributed by atoms with Crippen molar-refractivity contribution in [2.75, 3.05) is 48.4 Å². The highest BCUT2D eigenvalue weighted by Gasteiger charge is 2.16. The van der Waals surface area contributed by atoms with Crippen LogP contribution in [0.5, 0.6) is 0 Å². The quantitative estimate of drug-likeness (QED) is 0.755. The Labute approximate surface area is 119 Å². The number of anilines is 3. The highest BCUT2D eigenvalue weighted by Crippen LogP contribution is 2.15. The molecule has 0 bridgehead atoms. The van der Waals surface area contributed by atoms with Crippen LogP contribution in [0.15, 0.2) is 12.7 Å². The third-order valence-corrected chi connectivity index (χ3v) is 2.74. The summed E-state index contributed by atoms with van der Waals surface area (Å²) in [5.41, 5.74) is 0. The number of nitrogens with zero attached hydrogens (tertiary/aromatic N) is 4. The molecule has 2 heterocycles. The lowest BCUT2D eigenvalue weighted by Gasteiger charge is -2.27. The summed E-state index contributed by atoms with van der Waals surface area (Å²) in [6.45, 7) is 11.4. The lowest BCUT2D eigenvalue weighted by atomic mass is 10.4. The van der Waals surface area contributed by atoms with Crippen LogP contribution in [0, 0.1) is 0 Å².